The van der Waals surface area contributed by atoms with Crippen LogP contribution < -0.4 is 10.1 Å². The third-order valence-corrected chi connectivity index (χ3v) is 2.98. The summed E-state index contributed by atoms with van der Waals surface area (Å²) >= 11 is 0. The minimum Gasteiger partial charge on any atom is -0.481 e. The second kappa shape index (κ2) is 7.19. The number of carboxylic acids is 1. The van der Waals surface area contributed by atoms with Gasteiger partial charge in [-0.2, -0.15) is 8.78 Å². The van der Waals surface area contributed by atoms with Crippen LogP contribution in [-0.2, 0) is 11.3 Å². The van der Waals surface area contributed by atoms with Gasteiger partial charge in [-0.05, 0) is 44.5 Å². The Hall–Kier alpha value is -1.69. The lowest BCUT2D eigenvalue weighted by Gasteiger charge is -2.18. The van der Waals surface area contributed by atoms with Crippen LogP contribution in [0.3, 0.4) is 0 Å². The zero-order chi connectivity index (χ0) is 15.2. The zero-order valence-corrected chi connectivity index (χ0v) is 11.5. The van der Waals surface area contributed by atoms with Crippen LogP contribution in [-0.4, -0.2) is 24.2 Å². The van der Waals surface area contributed by atoms with Crippen molar-refractivity contribution in [3.05, 3.63) is 29.8 Å². The fraction of sp³-hybridized carbons (Fsp3) is 0.500. The third-order valence-electron chi connectivity index (χ3n) is 2.98. The molecule has 0 atom stereocenters. The number of nitrogens with one attached hydrogen (secondary N) is 1. The summed E-state index contributed by atoms with van der Waals surface area (Å²) in [5, 5.41) is 12.1. The lowest BCUT2D eigenvalue weighted by Crippen LogP contribution is -2.28. The summed E-state index contributed by atoms with van der Waals surface area (Å²) in [6.45, 7) is 1.64. The molecule has 0 heterocycles. The van der Waals surface area contributed by atoms with Crippen LogP contribution in [0.1, 0.15) is 25.8 Å². The first-order valence-electron chi connectivity index (χ1n) is 6.29. The molecule has 0 fully saturated rings. The van der Waals surface area contributed by atoms with E-state index in [0.29, 0.717) is 19.5 Å². The number of aliphatic carboxylic acids is 1. The Morgan fingerprint density at radius 3 is 2.45 bits per heavy atom. The van der Waals surface area contributed by atoms with Crippen molar-refractivity contribution in [3.8, 4) is 5.75 Å². The molecule has 4 nitrogen and oxygen atoms in total. The quantitative estimate of drug-likeness (QED) is 0.722. The summed E-state index contributed by atoms with van der Waals surface area (Å²) in [5.41, 5.74) is 0.154. The molecule has 0 unspecified atom stereocenters. The maximum absolute atomic E-state index is 12.0. The van der Waals surface area contributed by atoms with Gasteiger partial charge in [-0.25, -0.2) is 0 Å². The highest BCUT2D eigenvalue weighted by Crippen LogP contribution is 2.19. The van der Waals surface area contributed by atoms with Crippen molar-refractivity contribution in [3.63, 3.8) is 0 Å². The van der Waals surface area contributed by atoms with Gasteiger partial charge in [-0.15, -0.1) is 0 Å². The molecule has 0 aliphatic carbocycles. The highest BCUT2D eigenvalue weighted by atomic mass is 19.3. The molecular formula is C14H19F2NO3. The van der Waals surface area contributed by atoms with E-state index in [-0.39, 0.29) is 5.75 Å². The average molecular weight is 287 g/mol. The van der Waals surface area contributed by atoms with E-state index in [9.17, 15) is 13.6 Å². The summed E-state index contributed by atoms with van der Waals surface area (Å²) in [4.78, 5) is 10.9. The summed E-state index contributed by atoms with van der Waals surface area (Å²) in [7, 11) is 0. The normalized spacial score (nSPS) is 11.7. The Bertz CT molecular complexity index is 433. The van der Waals surface area contributed by atoms with E-state index in [1.54, 1.807) is 26.0 Å². The molecule has 0 aromatic heterocycles. The van der Waals surface area contributed by atoms with Gasteiger partial charge in [0.2, 0.25) is 0 Å². The minimum atomic E-state index is -2.82. The maximum Gasteiger partial charge on any atom is 0.387 e. The van der Waals surface area contributed by atoms with Crippen LogP contribution >= 0.6 is 0 Å². The smallest absolute Gasteiger partial charge is 0.387 e. The lowest BCUT2D eigenvalue weighted by atomic mass is 9.90. The monoisotopic (exact) mass is 287 g/mol. The molecule has 1 aromatic carbocycles. The van der Waals surface area contributed by atoms with Gasteiger partial charge in [-0.1, -0.05) is 12.1 Å². The van der Waals surface area contributed by atoms with Gasteiger partial charge < -0.3 is 15.2 Å². The molecule has 0 aliphatic rings. The first kappa shape index (κ1) is 16.4. The Balaban J connectivity index is 2.34. The predicted octanol–water partition coefficient (Wildman–Crippen LogP) is 2.88. The van der Waals surface area contributed by atoms with E-state index < -0.39 is 18.0 Å². The second-order valence-corrected chi connectivity index (χ2v) is 5.14. The molecule has 0 aliphatic heterocycles. The number of carboxylic acid groups (broad SMARTS) is 1. The van der Waals surface area contributed by atoms with Gasteiger partial charge in [0.15, 0.2) is 0 Å². The van der Waals surface area contributed by atoms with E-state index in [0.717, 1.165) is 5.56 Å². The highest BCUT2D eigenvalue weighted by Gasteiger charge is 2.25. The molecule has 2 N–H and O–H groups in total. The van der Waals surface area contributed by atoms with Gasteiger partial charge in [0, 0.05) is 6.54 Å². The van der Waals surface area contributed by atoms with Crippen molar-refractivity contribution in [2.75, 3.05) is 6.54 Å². The Morgan fingerprint density at radius 1 is 1.35 bits per heavy atom. The number of ether oxygens (including phenoxy) is 1. The molecule has 1 rings (SSSR count). The van der Waals surface area contributed by atoms with Crippen LogP contribution in [0.25, 0.3) is 0 Å². The largest absolute Gasteiger partial charge is 0.481 e. The molecule has 112 valence electrons. The van der Waals surface area contributed by atoms with E-state index in [1.165, 1.54) is 12.1 Å². The fourth-order valence-corrected chi connectivity index (χ4v) is 1.53. The van der Waals surface area contributed by atoms with Crippen molar-refractivity contribution < 1.29 is 23.4 Å². The van der Waals surface area contributed by atoms with Gasteiger partial charge in [-0.3, -0.25) is 4.79 Å². The SMILES string of the molecule is CC(C)(CCNCc1ccc(OC(F)F)cc1)C(=O)O. The Kier molecular flexibility index (Phi) is 5.88. The molecule has 0 bridgehead atoms. The van der Waals surface area contributed by atoms with Crippen LogP contribution in [0.15, 0.2) is 24.3 Å². The lowest BCUT2D eigenvalue weighted by molar-refractivity contribution is -0.147. The molecule has 0 spiro atoms. The van der Waals surface area contributed by atoms with E-state index in [2.05, 4.69) is 10.1 Å². The van der Waals surface area contributed by atoms with E-state index >= 15 is 0 Å². The maximum atomic E-state index is 12.0. The first-order chi connectivity index (χ1) is 9.31. The number of rotatable bonds is 8. The van der Waals surface area contributed by atoms with Crippen molar-refractivity contribution in [2.24, 2.45) is 5.41 Å². The van der Waals surface area contributed by atoms with Crippen LogP contribution in [0.2, 0.25) is 0 Å². The predicted molar refractivity (Wildman–Crippen MR) is 70.8 cm³/mol. The third kappa shape index (κ3) is 5.52. The van der Waals surface area contributed by atoms with Crippen molar-refractivity contribution in [1.29, 1.82) is 0 Å². The highest BCUT2D eigenvalue weighted by molar-refractivity contribution is 5.73. The van der Waals surface area contributed by atoms with Gasteiger partial charge in [0.25, 0.3) is 0 Å². The van der Waals surface area contributed by atoms with Gasteiger partial charge in [0.05, 0.1) is 5.41 Å². The molecule has 0 radical (unpaired) electrons. The summed E-state index contributed by atoms with van der Waals surface area (Å²) < 4.78 is 28.2. The number of benzene rings is 1. The van der Waals surface area contributed by atoms with Crippen molar-refractivity contribution >= 4 is 5.97 Å². The Morgan fingerprint density at radius 2 is 1.95 bits per heavy atom. The number of carbonyl (C=O) groups is 1. The molecule has 0 amide bonds. The Labute approximate surface area is 116 Å². The average Bonchev–Trinajstić information content (AvgIpc) is 2.35. The zero-order valence-electron chi connectivity index (χ0n) is 11.5. The van der Waals surface area contributed by atoms with Gasteiger partial charge in [0.1, 0.15) is 5.75 Å². The number of alkyl halides is 2. The summed E-state index contributed by atoms with van der Waals surface area (Å²) in [5.74, 6) is -0.705. The molecular weight excluding hydrogens is 268 g/mol. The van der Waals surface area contributed by atoms with E-state index in [4.69, 9.17) is 5.11 Å². The number of halogens is 2. The summed E-state index contributed by atoms with van der Waals surface area (Å²) in [6, 6.07) is 6.33. The first-order valence-corrected chi connectivity index (χ1v) is 6.29. The number of hydrogen-bond donors (Lipinski definition) is 2. The summed E-state index contributed by atoms with van der Waals surface area (Å²) in [6.07, 6.45) is 0.509. The molecule has 1 aromatic rings. The standard InChI is InChI=1S/C14H19F2NO3/c1-14(2,12(18)19)7-8-17-9-10-3-5-11(6-4-10)20-13(15)16/h3-6,13,17H,7-9H2,1-2H3,(H,18,19). The topological polar surface area (TPSA) is 58.6 Å². The van der Waals surface area contributed by atoms with Gasteiger partial charge >= 0.3 is 12.6 Å². The van der Waals surface area contributed by atoms with Crippen LogP contribution in [0.4, 0.5) is 8.78 Å². The molecule has 6 heteroatoms. The minimum absolute atomic E-state index is 0.121. The molecule has 20 heavy (non-hydrogen) atoms. The fourth-order valence-electron chi connectivity index (χ4n) is 1.53. The van der Waals surface area contributed by atoms with Crippen molar-refractivity contribution in [1.82, 2.24) is 5.32 Å². The van der Waals surface area contributed by atoms with E-state index in [1.807, 2.05) is 0 Å². The second-order valence-electron chi connectivity index (χ2n) is 5.14. The van der Waals surface area contributed by atoms with Crippen LogP contribution in [0.5, 0.6) is 5.75 Å². The molecule has 0 saturated heterocycles. The number of hydrogen-bond acceptors (Lipinski definition) is 3. The molecule has 0 saturated carbocycles. The van der Waals surface area contributed by atoms with Crippen LogP contribution in [0, 0.1) is 5.41 Å². The van der Waals surface area contributed by atoms with Crippen molar-refractivity contribution in [2.45, 2.75) is 33.4 Å².